The van der Waals surface area contributed by atoms with Gasteiger partial charge in [-0.15, -0.1) is 11.3 Å². The number of sulfonamides is 1. The molecule has 2 heterocycles. The molecule has 1 aliphatic rings. The molecule has 2 amide bonds. The number of halogens is 3. The molecule has 12 heteroatoms. The van der Waals surface area contributed by atoms with Gasteiger partial charge in [-0.3, -0.25) is 9.59 Å². The highest BCUT2D eigenvalue weighted by molar-refractivity contribution is 7.89. The van der Waals surface area contributed by atoms with E-state index in [-0.39, 0.29) is 32.1 Å². The number of nitrogens with zero attached hydrogens (tertiary/aromatic N) is 2. The summed E-state index contributed by atoms with van der Waals surface area (Å²) in [5.74, 6) is -0.779. The number of piperazine rings is 1. The first kappa shape index (κ1) is 23.2. The summed E-state index contributed by atoms with van der Waals surface area (Å²) in [7, 11) is -4.39. The van der Waals surface area contributed by atoms with Gasteiger partial charge in [0.25, 0.3) is 5.91 Å². The normalized spacial score (nSPS) is 16.7. The minimum absolute atomic E-state index is 0.00542. The first-order valence-corrected chi connectivity index (χ1v) is 11.6. The molecular weight excluding hydrogens is 455 g/mol. The summed E-state index contributed by atoms with van der Waals surface area (Å²) in [6.45, 7) is 1.24. The van der Waals surface area contributed by atoms with Crippen molar-refractivity contribution in [2.75, 3.05) is 26.2 Å². The van der Waals surface area contributed by atoms with E-state index in [2.05, 4.69) is 5.32 Å². The van der Waals surface area contributed by atoms with E-state index in [9.17, 15) is 31.2 Å². The second kappa shape index (κ2) is 8.97. The highest BCUT2D eigenvalue weighted by Gasteiger charge is 2.40. The molecule has 1 aromatic heterocycles. The summed E-state index contributed by atoms with van der Waals surface area (Å²) in [5.41, 5.74) is -1.22. The Hall–Kier alpha value is -2.44. The molecule has 1 aromatic carbocycles. The number of hydrogen-bond donors (Lipinski definition) is 1. The number of benzene rings is 1. The monoisotopic (exact) mass is 475 g/mol. The summed E-state index contributed by atoms with van der Waals surface area (Å²) >= 11 is 1.23. The minimum atomic E-state index is -4.81. The van der Waals surface area contributed by atoms with Crippen LogP contribution in [0.4, 0.5) is 13.2 Å². The third-order valence-corrected chi connectivity index (χ3v) is 7.65. The molecule has 2 aromatic rings. The fourth-order valence-electron chi connectivity index (χ4n) is 3.22. The zero-order valence-corrected chi connectivity index (χ0v) is 18.1. The second-order valence-corrected chi connectivity index (χ2v) is 9.75. The summed E-state index contributed by atoms with van der Waals surface area (Å²) in [6, 6.07) is 6.53. The van der Waals surface area contributed by atoms with Crippen molar-refractivity contribution in [1.82, 2.24) is 14.5 Å². The molecule has 168 valence electrons. The topological polar surface area (TPSA) is 86.8 Å². The zero-order chi connectivity index (χ0) is 22.8. The van der Waals surface area contributed by atoms with Gasteiger partial charge in [-0.25, -0.2) is 8.42 Å². The molecule has 0 unspecified atom stereocenters. The largest absolute Gasteiger partial charge is 0.417 e. The molecule has 0 saturated carbocycles. The molecular formula is C19H20F3N3O4S2. The molecule has 7 nitrogen and oxygen atoms in total. The molecule has 0 bridgehead atoms. The highest BCUT2D eigenvalue weighted by Crippen LogP contribution is 2.35. The lowest BCUT2D eigenvalue weighted by molar-refractivity contribution is -0.139. The molecule has 0 radical (unpaired) electrons. The third-order valence-electron chi connectivity index (χ3n) is 4.82. The molecule has 1 atom stereocenters. The summed E-state index contributed by atoms with van der Waals surface area (Å²) in [6.07, 6.45) is -4.81. The van der Waals surface area contributed by atoms with Gasteiger partial charge >= 0.3 is 6.18 Å². The Morgan fingerprint density at radius 3 is 2.29 bits per heavy atom. The fraction of sp³-hybridized carbons (Fsp3) is 0.368. The Morgan fingerprint density at radius 1 is 1.06 bits per heavy atom. The summed E-state index contributed by atoms with van der Waals surface area (Å²) < 4.78 is 66.3. The standard InChI is InChI=1S/C19H20F3N3O4S2/c1-13(23-17(26)15-6-4-12-30-15)18(27)24-8-10-25(11-9-24)31(28,29)16-7-3-2-5-14(16)19(20,21)22/h2-7,12-13H,8-11H2,1H3,(H,23,26)/t13-/m0/s1. The number of rotatable bonds is 5. The van der Waals surface area contributed by atoms with E-state index in [4.69, 9.17) is 0 Å². The van der Waals surface area contributed by atoms with Crippen LogP contribution in [0.3, 0.4) is 0 Å². The number of carbonyl (C=O) groups excluding carboxylic acids is 2. The van der Waals surface area contributed by atoms with Gasteiger partial charge < -0.3 is 10.2 Å². The van der Waals surface area contributed by atoms with E-state index in [1.54, 1.807) is 17.5 Å². The molecule has 1 saturated heterocycles. The van der Waals surface area contributed by atoms with Gasteiger partial charge in [0.15, 0.2) is 0 Å². The van der Waals surface area contributed by atoms with Crippen LogP contribution in [0.25, 0.3) is 0 Å². The average molecular weight is 476 g/mol. The van der Waals surface area contributed by atoms with E-state index in [1.165, 1.54) is 29.2 Å². The SMILES string of the molecule is C[C@H](NC(=O)c1cccs1)C(=O)N1CCN(S(=O)(=O)c2ccccc2C(F)(F)F)CC1. The van der Waals surface area contributed by atoms with E-state index < -0.39 is 38.6 Å². The van der Waals surface area contributed by atoms with E-state index in [1.807, 2.05) is 0 Å². The number of hydrogen-bond acceptors (Lipinski definition) is 5. The van der Waals surface area contributed by atoms with Crippen LogP contribution in [0, 0.1) is 0 Å². The van der Waals surface area contributed by atoms with Gasteiger partial charge in [-0.1, -0.05) is 18.2 Å². The average Bonchev–Trinajstić information content (AvgIpc) is 3.28. The fourth-order valence-corrected chi connectivity index (χ4v) is 5.49. The van der Waals surface area contributed by atoms with Gasteiger partial charge in [-0.05, 0) is 30.5 Å². The maximum Gasteiger partial charge on any atom is 0.417 e. The van der Waals surface area contributed by atoms with Crippen LogP contribution in [-0.4, -0.2) is 61.7 Å². The van der Waals surface area contributed by atoms with Gasteiger partial charge in [0.05, 0.1) is 15.3 Å². The lowest BCUT2D eigenvalue weighted by Crippen LogP contribution is -2.55. The quantitative estimate of drug-likeness (QED) is 0.720. The Balaban J connectivity index is 1.65. The number of thiophene rings is 1. The minimum Gasteiger partial charge on any atom is -0.340 e. The van der Waals surface area contributed by atoms with Gasteiger partial charge in [0.1, 0.15) is 6.04 Å². The highest BCUT2D eigenvalue weighted by atomic mass is 32.2. The summed E-state index contributed by atoms with van der Waals surface area (Å²) in [5, 5.41) is 4.33. The Morgan fingerprint density at radius 2 is 1.71 bits per heavy atom. The van der Waals surface area contributed by atoms with E-state index in [0.717, 1.165) is 22.5 Å². The first-order chi connectivity index (χ1) is 14.5. The molecule has 0 spiro atoms. The van der Waals surface area contributed by atoms with Crippen molar-refractivity contribution in [3.05, 3.63) is 52.2 Å². The molecule has 3 rings (SSSR count). The Kier molecular flexibility index (Phi) is 6.72. The number of carbonyl (C=O) groups is 2. The van der Waals surface area contributed by atoms with E-state index >= 15 is 0 Å². The molecule has 1 fully saturated rings. The van der Waals surface area contributed by atoms with Crippen molar-refractivity contribution < 1.29 is 31.2 Å². The lowest BCUT2D eigenvalue weighted by atomic mass is 10.2. The van der Waals surface area contributed by atoms with E-state index in [0.29, 0.717) is 4.88 Å². The van der Waals surface area contributed by atoms with Gasteiger partial charge in [0, 0.05) is 26.2 Å². The van der Waals surface area contributed by atoms with Crippen molar-refractivity contribution in [2.24, 2.45) is 0 Å². The molecule has 1 aliphatic heterocycles. The van der Waals surface area contributed by atoms with Crippen LogP contribution >= 0.6 is 11.3 Å². The maximum absolute atomic E-state index is 13.2. The number of amides is 2. The predicted molar refractivity (Wildman–Crippen MR) is 108 cm³/mol. The number of alkyl halides is 3. The molecule has 31 heavy (non-hydrogen) atoms. The predicted octanol–water partition coefficient (Wildman–Crippen LogP) is 2.42. The smallest absolute Gasteiger partial charge is 0.340 e. The van der Waals surface area contributed by atoms with Crippen molar-refractivity contribution in [2.45, 2.75) is 24.0 Å². The van der Waals surface area contributed by atoms with Crippen LogP contribution in [0.2, 0.25) is 0 Å². The third kappa shape index (κ3) is 5.08. The Labute approximate surface area is 181 Å². The van der Waals surface area contributed by atoms with Crippen molar-refractivity contribution in [1.29, 1.82) is 0 Å². The van der Waals surface area contributed by atoms with Gasteiger partial charge in [-0.2, -0.15) is 17.5 Å². The van der Waals surface area contributed by atoms with Crippen LogP contribution in [0.1, 0.15) is 22.2 Å². The van der Waals surface area contributed by atoms with Crippen LogP contribution < -0.4 is 5.32 Å². The van der Waals surface area contributed by atoms with Crippen molar-refractivity contribution in [3.8, 4) is 0 Å². The van der Waals surface area contributed by atoms with Crippen LogP contribution in [0.15, 0.2) is 46.7 Å². The molecule has 0 aliphatic carbocycles. The second-order valence-electron chi connectivity index (χ2n) is 6.90. The lowest BCUT2D eigenvalue weighted by Gasteiger charge is -2.35. The van der Waals surface area contributed by atoms with Crippen LogP contribution in [-0.2, 0) is 21.0 Å². The zero-order valence-electron chi connectivity index (χ0n) is 16.4. The first-order valence-electron chi connectivity index (χ1n) is 9.31. The Bertz CT molecular complexity index is 1050. The maximum atomic E-state index is 13.2. The van der Waals surface area contributed by atoms with Crippen molar-refractivity contribution >= 4 is 33.2 Å². The molecule has 1 N–H and O–H groups in total. The summed E-state index contributed by atoms with van der Waals surface area (Å²) in [4.78, 5) is 25.8. The number of nitrogens with one attached hydrogen (secondary N) is 1. The van der Waals surface area contributed by atoms with Crippen LogP contribution in [0.5, 0.6) is 0 Å². The van der Waals surface area contributed by atoms with Gasteiger partial charge in [0.2, 0.25) is 15.9 Å². The van der Waals surface area contributed by atoms with Crippen molar-refractivity contribution in [3.63, 3.8) is 0 Å².